The van der Waals surface area contributed by atoms with Crippen molar-refractivity contribution in [1.82, 2.24) is 15.0 Å². The van der Waals surface area contributed by atoms with Gasteiger partial charge in [0.1, 0.15) is 0 Å². The van der Waals surface area contributed by atoms with Crippen molar-refractivity contribution >= 4 is 28.7 Å². The fourth-order valence-electron chi connectivity index (χ4n) is 4.52. The van der Waals surface area contributed by atoms with E-state index in [1.807, 2.05) is 6.07 Å². The molecule has 1 fully saturated rings. The van der Waals surface area contributed by atoms with Gasteiger partial charge >= 0.3 is 0 Å². The molecule has 160 valence electrons. The van der Waals surface area contributed by atoms with E-state index >= 15 is 0 Å². The molecule has 5 rings (SSSR count). The van der Waals surface area contributed by atoms with Crippen molar-refractivity contribution in [2.45, 2.75) is 32.1 Å². The summed E-state index contributed by atoms with van der Waals surface area (Å²) in [5.41, 5.74) is 12.5. The smallest absolute Gasteiger partial charge is 0.278 e. The molecule has 0 radical (unpaired) electrons. The number of aromatic nitrogens is 3. The van der Waals surface area contributed by atoms with E-state index in [1.165, 1.54) is 18.4 Å². The van der Waals surface area contributed by atoms with Gasteiger partial charge in [-0.25, -0.2) is 9.97 Å². The van der Waals surface area contributed by atoms with Gasteiger partial charge in [0.05, 0.1) is 42.7 Å². The maximum absolute atomic E-state index is 13.1. The predicted octanol–water partition coefficient (Wildman–Crippen LogP) is 3.20. The second-order valence-corrected chi connectivity index (χ2v) is 8.09. The van der Waals surface area contributed by atoms with Crippen LogP contribution in [-0.2, 0) is 4.74 Å². The molecule has 3 aliphatic rings. The van der Waals surface area contributed by atoms with Gasteiger partial charge in [-0.05, 0) is 49.3 Å². The summed E-state index contributed by atoms with van der Waals surface area (Å²) in [7, 11) is 0. The summed E-state index contributed by atoms with van der Waals surface area (Å²) < 4.78 is 5.44. The number of carbonyl (C=O) groups is 1. The van der Waals surface area contributed by atoms with Crippen LogP contribution in [0.3, 0.4) is 0 Å². The molecule has 2 aliphatic carbocycles. The van der Waals surface area contributed by atoms with Crippen LogP contribution in [0.25, 0.3) is 5.57 Å². The van der Waals surface area contributed by atoms with Gasteiger partial charge in [0.25, 0.3) is 5.91 Å². The van der Waals surface area contributed by atoms with Crippen LogP contribution in [0.5, 0.6) is 0 Å². The number of carbonyl (C=O) groups excluding carboxylic acids is 1. The average molecular weight is 419 g/mol. The Balaban J connectivity index is 1.40. The lowest BCUT2D eigenvalue weighted by atomic mass is 9.92. The first kappa shape index (κ1) is 19.7. The van der Waals surface area contributed by atoms with E-state index in [0.717, 1.165) is 49.3 Å². The molecular weight excluding hydrogens is 392 g/mol. The van der Waals surface area contributed by atoms with Crippen molar-refractivity contribution in [2.75, 3.05) is 42.3 Å². The van der Waals surface area contributed by atoms with Crippen molar-refractivity contribution in [3.05, 3.63) is 53.3 Å². The molecule has 2 aromatic rings. The summed E-state index contributed by atoms with van der Waals surface area (Å²) in [5.74, 6) is -0.262. The van der Waals surface area contributed by atoms with E-state index in [-0.39, 0.29) is 17.4 Å². The van der Waals surface area contributed by atoms with Crippen molar-refractivity contribution in [1.29, 1.82) is 0 Å². The zero-order valence-corrected chi connectivity index (χ0v) is 17.4. The highest BCUT2D eigenvalue weighted by molar-refractivity contribution is 6.07. The number of pyridine rings is 1. The van der Waals surface area contributed by atoms with Crippen LogP contribution in [0.4, 0.5) is 17.2 Å². The number of hydrogen-bond donors (Lipinski definition) is 2. The highest BCUT2D eigenvalue weighted by Crippen LogP contribution is 2.38. The van der Waals surface area contributed by atoms with Gasteiger partial charge in [-0.2, -0.15) is 0 Å². The Kier molecular flexibility index (Phi) is 5.38. The molecule has 3 N–H and O–H groups in total. The minimum Gasteiger partial charge on any atom is -0.382 e. The summed E-state index contributed by atoms with van der Waals surface area (Å²) >= 11 is 0. The minimum absolute atomic E-state index is 0.121. The van der Waals surface area contributed by atoms with Gasteiger partial charge in [0.2, 0.25) is 0 Å². The van der Waals surface area contributed by atoms with E-state index in [4.69, 9.17) is 10.5 Å². The molecule has 0 aromatic carbocycles. The number of ether oxygens (including phenoxy) is 1. The normalized spacial score (nSPS) is 18.6. The van der Waals surface area contributed by atoms with Crippen molar-refractivity contribution in [3.8, 4) is 0 Å². The van der Waals surface area contributed by atoms with Crippen LogP contribution < -0.4 is 16.0 Å². The molecule has 8 nitrogen and oxygen atoms in total. The van der Waals surface area contributed by atoms with Gasteiger partial charge < -0.3 is 20.7 Å². The number of nitrogen functional groups attached to an aromatic ring is 1. The second-order valence-electron chi connectivity index (χ2n) is 8.09. The first-order valence-electron chi connectivity index (χ1n) is 10.8. The number of anilines is 3. The van der Waals surface area contributed by atoms with Gasteiger partial charge in [0.15, 0.2) is 11.5 Å². The van der Waals surface area contributed by atoms with Crippen LogP contribution in [0.15, 0.2) is 41.9 Å². The molecule has 0 unspecified atom stereocenters. The maximum Gasteiger partial charge on any atom is 0.278 e. The molecule has 8 heteroatoms. The highest BCUT2D eigenvalue weighted by atomic mass is 16.5. The molecule has 0 bridgehead atoms. The van der Waals surface area contributed by atoms with E-state index in [9.17, 15) is 4.79 Å². The SMILES string of the molecule is Nc1ncc(C2=CC3=C(CCC3)CC2)nc1C(=O)Nc1cnccc1N1CCOCC1. The van der Waals surface area contributed by atoms with E-state index in [0.29, 0.717) is 18.9 Å². The van der Waals surface area contributed by atoms with Gasteiger partial charge in [-0.3, -0.25) is 9.78 Å². The molecule has 1 aliphatic heterocycles. The van der Waals surface area contributed by atoms with Crippen molar-refractivity contribution < 1.29 is 9.53 Å². The zero-order chi connectivity index (χ0) is 21.2. The lowest BCUT2D eigenvalue weighted by Gasteiger charge is -2.30. The van der Waals surface area contributed by atoms with Crippen LogP contribution in [0.1, 0.15) is 48.3 Å². The first-order chi connectivity index (χ1) is 15.2. The van der Waals surface area contributed by atoms with Gasteiger partial charge in [-0.1, -0.05) is 11.6 Å². The Morgan fingerprint density at radius 3 is 2.87 bits per heavy atom. The summed E-state index contributed by atoms with van der Waals surface area (Å²) in [6.07, 6.45) is 12.8. The van der Waals surface area contributed by atoms with Crippen molar-refractivity contribution in [3.63, 3.8) is 0 Å². The third-order valence-electron chi connectivity index (χ3n) is 6.17. The zero-order valence-electron chi connectivity index (χ0n) is 17.4. The largest absolute Gasteiger partial charge is 0.382 e. The molecule has 0 saturated carbocycles. The quantitative estimate of drug-likeness (QED) is 0.785. The second kappa shape index (κ2) is 8.47. The Morgan fingerprint density at radius 2 is 2.00 bits per heavy atom. The Morgan fingerprint density at radius 1 is 1.13 bits per heavy atom. The van der Waals surface area contributed by atoms with Crippen LogP contribution in [0, 0.1) is 0 Å². The standard InChI is InChI=1S/C23H26N6O2/c24-22-21(27-18(14-26-22)17-5-4-15-2-1-3-16(15)12-17)23(30)28-19-13-25-7-6-20(19)29-8-10-31-11-9-29/h6-7,12-14H,1-5,8-11H2,(H2,24,26)(H,28,30). The maximum atomic E-state index is 13.1. The van der Waals surface area contributed by atoms with Gasteiger partial charge in [-0.15, -0.1) is 0 Å². The molecule has 2 aromatic heterocycles. The van der Waals surface area contributed by atoms with Crippen LogP contribution in [-0.4, -0.2) is 47.2 Å². The van der Waals surface area contributed by atoms with E-state index in [2.05, 4.69) is 31.2 Å². The predicted molar refractivity (Wildman–Crippen MR) is 120 cm³/mol. The van der Waals surface area contributed by atoms with Crippen LogP contribution >= 0.6 is 0 Å². The lowest BCUT2D eigenvalue weighted by Crippen LogP contribution is -2.36. The van der Waals surface area contributed by atoms with Gasteiger partial charge in [0, 0.05) is 19.3 Å². The van der Waals surface area contributed by atoms with Crippen molar-refractivity contribution in [2.24, 2.45) is 0 Å². The first-order valence-corrected chi connectivity index (χ1v) is 10.8. The molecule has 1 saturated heterocycles. The highest BCUT2D eigenvalue weighted by Gasteiger charge is 2.22. The molecule has 31 heavy (non-hydrogen) atoms. The molecule has 1 amide bonds. The monoisotopic (exact) mass is 418 g/mol. The number of hydrogen-bond acceptors (Lipinski definition) is 7. The Bertz CT molecular complexity index is 1070. The molecule has 0 spiro atoms. The Labute approximate surface area is 181 Å². The number of rotatable bonds is 4. The third-order valence-corrected chi connectivity index (χ3v) is 6.17. The fraction of sp³-hybridized carbons (Fsp3) is 0.391. The molecule has 0 atom stereocenters. The summed E-state index contributed by atoms with van der Waals surface area (Å²) in [6.45, 7) is 2.83. The van der Waals surface area contributed by atoms with E-state index < -0.39 is 0 Å². The molecular formula is C23H26N6O2. The number of nitrogens with one attached hydrogen (secondary N) is 1. The summed E-state index contributed by atoms with van der Waals surface area (Å²) in [4.78, 5) is 28.3. The number of amides is 1. The summed E-state index contributed by atoms with van der Waals surface area (Å²) in [5, 5.41) is 2.94. The number of allylic oxidation sites excluding steroid dienone is 4. The minimum atomic E-state index is -0.383. The molecule has 3 heterocycles. The number of morpholine rings is 1. The van der Waals surface area contributed by atoms with Crippen LogP contribution in [0.2, 0.25) is 0 Å². The average Bonchev–Trinajstić information content (AvgIpc) is 3.28. The topological polar surface area (TPSA) is 106 Å². The lowest BCUT2D eigenvalue weighted by molar-refractivity contribution is 0.102. The van der Waals surface area contributed by atoms with E-state index in [1.54, 1.807) is 24.2 Å². The fourth-order valence-corrected chi connectivity index (χ4v) is 4.52. The Hall–Kier alpha value is -3.26. The third kappa shape index (κ3) is 4.03. The number of nitrogens with zero attached hydrogens (tertiary/aromatic N) is 4. The summed E-state index contributed by atoms with van der Waals surface area (Å²) in [6, 6.07) is 1.89. The number of nitrogens with two attached hydrogens (primary N) is 1.